The van der Waals surface area contributed by atoms with Crippen LogP contribution in [0.5, 0.6) is 5.75 Å². The molecule has 3 aromatic rings. The standard InChI is InChI=1S/C16H12ClF2N3O2S/c1-8-13(9-2-4-11(5-3-9)24-15(18)19)21-16(25-8)22-14(23)12-6-10(17)7-20-12/h2-7,15,20H,1H3,(H,21,22,23). The number of nitrogens with one attached hydrogen (secondary N) is 2. The highest BCUT2D eigenvalue weighted by Crippen LogP contribution is 2.31. The van der Waals surface area contributed by atoms with Crippen LogP contribution in [-0.4, -0.2) is 22.5 Å². The summed E-state index contributed by atoms with van der Waals surface area (Å²) in [4.78, 5) is 20.1. The highest BCUT2D eigenvalue weighted by molar-refractivity contribution is 7.16. The maximum atomic E-state index is 12.2. The number of anilines is 1. The van der Waals surface area contributed by atoms with Gasteiger partial charge in [-0.25, -0.2) is 4.98 Å². The summed E-state index contributed by atoms with van der Waals surface area (Å²) in [6, 6.07) is 7.67. The Morgan fingerprint density at radius 1 is 1.36 bits per heavy atom. The second-order valence-electron chi connectivity index (χ2n) is 5.01. The molecule has 0 aliphatic carbocycles. The minimum Gasteiger partial charge on any atom is -0.435 e. The molecule has 1 aromatic carbocycles. The number of hydrogen-bond acceptors (Lipinski definition) is 4. The fourth-order valence-electron chi connectivity index (χ4n) is 2.18. The van der Waals surface area contributed by atoms with Crippen molar-refractivity contribution in [3.63, 3.8) is 0 Å². The molecule has 0 saturated carbocycles. The fraction of sp³-hybridized carbons (Fsp3) is 0.125. The Kier molecular flexibility index (Phi) is 5.00. The van der Waals surface area contributed by atoms with Gasteiger partial charge in [-0.2, -0.15) is 8.78 Å². The molecule has 9 heteroatoms. The van der Waals surface area contributed by atoms with Crippen LogP contribution >= 0.6 is 22.9 Å². The Hall–Kier alpha value is -2.45. The molecule has 0 aliphatic heterocycles. The number of ether oxygens (including phenoxy) is 1. The third kappa shape index (κ3) is 4.15. The van der Waals surface area contributed by atoms with E-state index in [-0.39, 0.29) is 11.7 Å². The first kappa shape index (κ1) is 17.4. The summed E-state index contributed by atoms with van der Waals surface area (Å²) in [6.45, 7) is -1.01. The van der Waals surface area contributed by atoms with E-state index < -0.39 is 6.61 Å². The number of nitrogens with zero attached hydrogens (tertiary/aromatic N) is 1. The first-order valence-corrected chi connectivity index (χ1v) is 8.30. The highest BCUT2D eigenvalue weighted by atomic mass is 35.5. The van der Waals surface area contributed by atoms with E-state index in [1.165, 1.54) is 35.7 Å². The molecule has 0 aliphatic rings. The summed E-state index contributed by atoms with van der Waals surface area (Å²) in [6.07, 6.45) is 1.51. The molecule has 130 valence electrons. The molecule has 0 fully saturated rings. The van der Waals surface area contributed by atoms with E-state index in [4.69, 9.17) is 11.6 Å². The summed E-state index contributed by atoms with van der Waals surface area (Å²) in [7, 11) is 0. The molecule has 3 rings (SSSR count). The van der Waals surface area contributed by atoms with Crippen LogP contribution in [0.3, 0.4) is 0 Å². The van der Waals surface area contributed by atoms with E-state index in [1.807, 2.05) is 6.92 Å². The number of aromatic nitrogens is 2. The van der Waals surface area contributed by atoms with Crippen LogP contribution in [0.4, 0.5) is 13.9 Å². The first-order chi connectivity index (χ1) is 11.9. The number of halogens is 3. The van der Waals surface area contributed by atoms with Gasteiger partial charge < -0.3 is 9.72 Å². The Morgan fingerprint density at radius 3 is 2.68 bits per heavy atom. The summed E-state index contributed by atoms with van der Waals surface area (Å²) < 4.78 is 28.7. The predicted molar refractivity (Wildman–Crippen MR) is 92.7 cm³/mol. The van der Waals surface area contributed by atoms with Gasteiger partial charge in [0, 0.05) is 16.6 Å². The molecule has 0 spiro atoms. The number of hydrogen-bond donors (Lipinski definition) is 2. The second-order valence-corrected chi connectivity index (χ2v) is 6.65. The first-order valence-electron chi connectivity index (χ1n) is 7.10. The zero-order chi connectivity index (χ0) is 18.0. The zero-order valence-electron chi connectivity index (χ0n) is 12.8. The minimum atomic E-state index is -2.87. The molecule has 2 heterocycles. The summed E-state index contributed by atoms with van der Waals surface area (Å²) in [5, 5.41) is 3.56. The average molecular weight is 384 g/mol. The predicted octanol–water partition coefficient (Wildman–Crippen LogP) is 4.95. The quantitative estimate of drug-likeness (QED) is 0.654. The van der Waals surface area contributed by atoms with E-state index >= 15 is 0 Å². The number of carbonyl (C=O) groups excluding carboxylic acids is 1. The third-order valence-electron chi connectivity index (χ3n) is 3.26. The van der Waals surface area contributed by atoms with E-state index in [0.29, 0.717) is 21.5 Å². The lowest BCUT2D eigenvalue weighted by atomic mass is 10.1. The van der Waals surface area contributed by atoms with Gasteiger partial charge in [-0.05, 0) is 37.3 Å². The highest BCUT2D eigenvalue weighted by Gasteiger charge is 2.14. The Labute approximate surface area is 150 Å². The lowest BCUT2D eigenvalue weighted by Gasteiger charge is -2.05. The summed E-state index contributed by atoms with van der Waals surface area (Å²) in [5.74, 6) is -0.281. The largest absolute Gasteiger partial charge is 0.435 e. The van der Waals surface area contributed by atoms with Crippen molar-refractivity contribution in [2.24, 2.45) is 0 Å². The molecular formula is C16H12ClF2N3O2S. The fourth-order valence-corrected chi connectivity index (χ4v) is 3.17. The van der Waals surface area contributed by atoms with E-state index in [1.54, 1.807) is 12.1 Å². The van der Waals surface area contributed by atoms with Crippen molar-refractivity contribution in [1.29, 1.82) is 0 Å². The molecule has 0 atom stereocenters. The van der Waals surface area contributed by atoms with Crippen LogP contribution in [0.25, 0.3) is 11.3 Å². The summed E-state index contributed by atoms with van der Waals surface area (Å²) >= 11 is 7.09. The third-order valence-corrected chi connectivity index (χ3v) is 4.37. The number of rotatable bonds is 5. The summed E-state index contributed by atoms with van der Waals surface area (Å²) in [5.41, 5.74) is 1.72. The number of carbonyl (C=O) groups is 1. The van der Waals surface area contributed by atoms with Crippen molar-refractivity contribution in [3.05, 3.63) is 52.1 Å². The van der Waals surface area contributed by atoms with Gasteiger partial charge in [0.1, 0.15) is 11.4 Å². The second kappa shape index (κ2) is 7.20. The van der Waals surface area contributed by atoms with Crippen LogP contribution < -0.4 is 10.1 Å². The van der Waals surface area contributed by atoms with Gasteiger partial charge >= 0.3 is 6.61 Å². The maximum absolute atomic E-state index is 12.2. The topological polar surface area (TPSA) is 67.0 Å². The van der Waals surface area contributed by atoms with Crippen molar-refractivity contribution < 1.29 is 18.3 Å². The van der Waals surface area contributed by atoms with Crippen molar-refractivity contribution in [2.75, 3.05) is 5.32 Å². The Bertz CT molecular complexity index is 893. The molecule has 0 saturated heterocycles. The number of benzene rings is 1. The van der Waals surface area contributed by atoms with Gasteiger partial charge in [0.15, 0.2) is 5.13 Å². The molecule has 0 radical (unpaired) electrons. The van der Waals surface area contributed by atoms with Crippen LogP contribution in [0.2, 0.25) is 5.02 Å². The van der Waals surface area contributed by atoms with Crippen molar-refractivity contribution in [1.82, 2.24) is 9.97 Å². The van der Waals surface area contributed by atoms with Crippen molar-refractivity contribution >= 4 is 34.0 Å². The van der Waals surface area contributed by atoms with Crippen LogP contribution in [0.1, 0.15) is 15.4 Å². The normalized spacial score (nSPS) is 10.9. The molecule has 1 amide bonds. The number of aryl methyl sites for hydroxylation is 1. The van der Waals surface area contributed by atoms with Crippen LogP contribution in [-0.2, 0) is 0 Å². The van der Waals surface area contributed by atoms with Gasteiger partial charge in [0.25, 0.3) is 5.91 Å². The smallest absolute Gasteiger partial charge is 0.387 e. The molecule has 0 bridgehead atoms. The van der Waals surface area contributed by atoms with Gasteiger partial charge in [0.05, 0.1) is 10.7 Å². The maximum Gasteiger partial charge on any atom is 0.387 e. The molecule has 25 heavy (non-hydrogen) atoms. The number of aromatic amines is 1. The number of amides is 1. The average Bonchev–Trinajstić information content (AvgIpc) is 3.13. The van der Waals surface area contributed by atoms with Gasteiger partial charge in [-0.3, -0.25) is 10.1 Å². The molecule has 0 unspecified atom stereocenters. The molecule has 2 aromatic heterocycles. The van der Waals surface area contributed by atoms with Crippen molar-refractivity contribution in [3.8, 4) is 17.0 Å². The minimum absolute atomic E-state index is 0.0729. The SMILES string of the molecule is Cc1sc(NC(=O)c2cc(Cl)c[nH]2)nc1-c1ccc(OC(F)F)cc1. The lowest BCUT2D eigenvalue weighted by Crippen LogP contribution is -2.11. The zero-order valence-corrected chi connectivity index (χ0v) is 14.4. The Balaban J connectivity index is 1.77. The van der Waals surface area contributed by atoms with Gasteiger partial charge in [-0.15, -0.1) is 11.3 Å². The number of thiazole rings is 1. The van der Waals surface area contributed by atoms with E-state index in [2.05, 4.69) is 20.0 Å². The van der Waals surface area contributed by atoms with Gasteiger partial charge in [-0.1, -0.05) is 11.6 Å². The molecular weight excluding hydrogens is 372 g/mol. The van der Waals surface area contributed by atoms with Gasteiger partial charge in [0.2, 0.25) is 0 Å². The number of alkyl halides is 2. The molecule has 2 N–H and O–H groups in total. The lowest BCUT2D eigenvalue weighted by molar-refractivity contribution is -0.0498. The monoisotopic (exact) mass is 383 g/mol. The van der Waals surface area contributed by atoms with Crippen LogP contribution in [0, 0.1) is 6.92 Å². The molecule has 5 nitrogen and oxygen atoms in total. The van der Waals surface area contributed by atoms with E-state index in [9.17, 15) is 13.6 Å². The Morgan fingerprint density at radius 2 is 2.08 bits per heavy atom. The van der Waals surface area contributed by atoms with E-state index in [0.717, 1.165) is 10.4 Å². The van der Waals surface area contributed by atoms with Crippen LogP contribution in [0.15, 0.2) is 36.5 Å². The van der Waals surface area contributed by atoms with Crippen molar-refractivity contribution in [2.45, 2.75) is 13.5 Å². The number of H-pyrrole nitrogens is 1.